The lowest BCUT2D eigenvalue weighted by atomic mass is 9.78. The van der Waals surface area contributed by atoms with E-state index in [9.17, 15) is 4.79 Å². The molecule has 4 aliphatic rings. The minimum atomic E-state index is -0.714. The van der Waals surface area contributed by atoms with Crippen molar-refractivity contribution in [3.63, 3.8) is 0 Å². The molecular weight excluding hydrogens is 230 g/mol. The summed E-state index contributed by atoms with van der Waals surface area (Å²) in [6, 6.07) is 0. The smallest absolute Gasteiger partial charge is 0.230 e. The standard InChI is InChI=1S/C12H11N5O/c13-16-15-11(18)12-4-2-9(3-5-12)10-14-6-1-7-17(10)8-12/h1-2,4,6-7H,3,5,8H2. The summed E-state index contributed by atoms with van der Waals surface area (Å²) in [6.07, 6.45) is 10.7. The summed E-state index contributed by atoms with van der Waals surface area (Å²) in [6.45, 7) is 0.480. The van der Waals surface area contributed by atoms with Gasteiger partial charge in [0, 0.05) is 23.9 Å². The van der Waals surface area contributed by atoms with E-state index in [-0.39, 0.29) is 0 Å². The van der Waals surface area contributed by atoms with Gasteiger partial charge in [0.1, 0.15) is 5.82 Å². The topological polar surface area (TPSA) is 81.4 Å². The lowest BCUT2D eigenvalue weighted by molar-refractivity contribution is -0.125. The molecule has 0 N–H and O–H groups in total. The number of azide groups is 1. The zero-order chi connectivity index (χ0) is 12.6. The van der Waals surface area contributed by atoms with Crippen molar-refractivity contribution in [3.8, 4) is 0 Å². The van der Waals surface area contributed by atoms with Crippen LogP contribution in [0.5, 0.6) is 0 Å². The number of rotatable bonds is 1. The first-order valence-electron chi connectivity index (χ1n) is 5.75. The zero-order valence-corrected chi connectivity index (χ0v) is 9.65. The Morgan fingerprint density at radius 2 is 2.50 bits per heavy atom. The van der Waals surface area contributed by atoms with Gasteiger partial charge in [-0.3, -0.25) is 4.79 Å². The Morgan fingerprint density at radius 3 is 3.22 bits per heavy atom. The van der Waals surface area contributed by atoms with Gasteiger partial charge in [0.15, 0.2) is 0 Å². The largest absolute Gasteiger partial charge is 0.331 e. The Bertz CT molecular complexity index is 579. The Labute approximate surface area is 104 Å². The summed E-state index contributed by atoms with van der Waals surface area (Å²) in [7, 11) is 0. The van der Waals surface area contributed by atoms with Gasteiger partial charge in [-0.05, 0) is 35.1 Å². The van der Waals surface area contributed by atoms with Gasteiger partial charge in [-0.1, -0.05) is 12.2 Å². The van der Waals surface area contributed by atoms with Gasteiger partial charge in [0.05, 0.1) is 5.41 Å². The van der Waals surface area contributed by atoms with E-state index in [0.29, 0.717) is 13.0 Å². The van der Waals surface area contributed by atoms with Crippen molar-refractivity contribution < 1.29 is 4.79 Å². The predicted octanol–water partition coefficient (Wildman–Crippen LogP) is 2.29. The fourth-order valence-corrected chi connectivity index (χ4v) is 2.59. The highest BCUT2D eigenvalue weighted by molar-refractivity contribution is 5.86. The molecule has 0 saturated heterocycles. The number of carbonyl (C=O) groups excluding carboxylic acids is 1. The van der Waals surface area contributed by atoms with Crippen LogP contribution in [0.2, 0.25) is 0 Å². The van der Waals surface area contributed by atoms with E-state index in [1.807, 2.05) is 29.3 Å². The molecule has 6 nitrogen and oxygen atoms in total. The summed E-state index contributed by atoms with van der Waals surface area (Å²) in [5.41, 5.74) is 8.85. The summed E-state index contributed by atoms with van der Waals surface area (Å²) in [5, 5.41) is 3.28. The maximum absolute atomic E-state index is 12.0. The third-order valence-corrected chi connectivity index (χ3v) is 3.57. The lowest BCUT2D eigenvalue weighted by Crippen LogP contribution is -2.37. The van der Waals surface area contributed by atoms with E-state index >= 15 is 0 Å². The molecule has 0 aromatic heterocycles. The quantitative estimate of drug-likeness (QED) is 0.401. The van der Waals surface area contributed by atoms with Crippen LogP contribution in [0.1, 0.15) is 12.8 Å². The first kappa shape index (κ1) is 10.8. The van der Waals surface area contributed by atoms with E-state index in [4.69, 9.17) is 5.53 Å². The van der Waals surface area contributed by atoms with Crippen molar-refractivity contribution >= 4 is 12.1 Å². The molecule has 0 radical (unpaired) electrons. The van der Waals surface area contributed by atoms with Crippen LogP contribution in [0.25, 0.3) is 10.4 Å². The third kappa shape index (κ3) is 1.47. The van der Waals surface area contributed by atoms with Crippen LogP contribution in [0, 0.1) is 5.41 Å². The summed E-state index contributed by atoms with van der Waals surface area (Å²) in [4.78, 5) is 20.9. The van der Waals surface area contributed by atoms with Crippen molar-refractivity contribution in [3.05, 3.63) is 46.3 Å². The van der Waals surface area contributed by atoms with Gasteiger partial charge in [-0.15, -0.1) is 0 Å². The molecule has 0 aromatic rings. The average molecular weight is 241 g/mol. The molecule has 3 aliphatic heterocycles. The first-order chi connectivity index (χ1) is 8.75. The minimum Gasteiger partial charge on any atom is -0.331 e. The SMILES string of the molecule is [N-]=[N+]=NC(=O)C12C=CC(=C3N=CC=CN3C1)CC2. The predicted molar refractivity (Wildman–Crippen MR) is 66.3 cm³/mol. The van der Waals surface area contributed by atoms with E-state index in [1.165, 1.54) is 0 Å². The maximum Gasteiger partial charge on any atom is 0.230 e. The fourth-order valence-electron chi connectivity index (χ4n) is 2.59. The Kier molecular flexibility index (Phi) is 2.31. The van der Waals surface area contributed by atoms with Crippen LogP contribution in [-0.2, 0) is 4.79 Å². The van der Waals surface area contributed by atoms with Crippen molar-refractivity contribution in [2.45, 2.75) is 12.8 Å². The second-order valence-corrected chi connectivity index (χ2v) is 4.58. The summed E-state index contributed by atoms with van der Waals surface area (Å²) >= 11 is 0. The van der Waals surface area contributed by atoms with E-state index in [0.717, 1.165) is 17.8 Å². The van der Waals surface area contributed by atoms with Crippen LogP contribution in [-0.4, -0.2) is 23.6 Å². The van der Waals surface area contributed by atoms with Crippen molar-refractivity contribution in [2.24, 2.45) is 15.5 Å². The Balaban J connectivity index is 2.05. The van der Waals surface area contributed by atoms with Gasteiger partial charge in [-0.25, -0.2) is 4.99 Å². The van der Waals surface area contributed by atoms with Gasteiger partial charge in [0.2, 0.25) is 5.91 Å². The minimum absolute atomic E-state index is 0.412. The van der Waals surface area contributed by atoms with E-state index in [2.05, 4.69) is 15.0 Å². The number of hydrogen-bond acceptors (Lipinski definition) is 3. The number of amides is 1. The van der Waals surface area contributed by atoms with E-state index < -0.39 is 11.3 Å². The highest BCUT2D eigenvalue weighted by Gasteiger charge is 2.42. The second kappa shape index (κ2) is 3.85. The molecule has 90 valence electrons. The van der Waals surface area contributed by atoms with E-state index in [1.54, 1.807) is 6.21 Å². The highest BCUT2D eigenvalue weighted by atomic mass is 16.2. The van der Waals surface area contributed by atoms with Crippen LogP contribution < -0.4 is 0 Å². The average Bonchev–Trinajstić information content (AvgIpc) is 2.66. The van der Waals surface area contributed by atoms with Crippen molar-refractivity contribution in [1.29, 1.82) is 0 Å². The monoisotopic (exact) mass is 241 g/mol. The molecule has 3 heterocycles. The molecule has 1 unspecified atom stereocenters. The molecule has 0 aromatic carbocycles. The third-order valence-electron chi connectivity index (χ3n) is 3.57. The molecular formula is C12H11N5O. The van der Waals surface area contributed by atoms with Crippen molar-refractivity contribution in [1.82, 2.24) is 4.90 Å². The highest BCUT2D eigenvalue weighted by Crippen LogP contribution is 2.42. The Hall–Kier alpha value is -2.33. The second-order valence-electron chi connectivity index (χ2n) is 4.58. The van der Waals surface area contributed by atoms with Gasteiger partial charge in [0.25, 0.3) is 0 Å². The van der Waals surface area contributed by atoms with Crippen LogP contribution >= 0.6 is 0 Å². The molecule has 1 amide bonds. The molecule has 2 bridgehead atoms. The normalized spacial score (nSPS) is 27.9. The number of nitrogens with zero attached hydrogens (tertiary/aromatic N) is 5. The number of carbonyl (C=O) groups is 1. The van der Waals surface area contributed by atoms with Crippen LogP contribution in [0.4, 0.5) is 0 Å². The lowest BCUT2D eigenvalue weighted by Gasteiger charge is -2.31. The van der Waals surface area contributed by atoms with Crippen LogP contribution in [0.15, 0.2) is 45.9 Å². The van der Waals surface area contributed by atoms with Gasteiger partial charge < -0.3 is 4.90 Å². The summed E-state index contributed by atoms with van der Waals surface area (Å²) < 4.78 is 0. The zero-order valence-electron chi connectivity index (χ0n) is 9.65. The summed E-state index contributed by atoms with van der Waals surface area (Å²) in [5.74, 6) is 0.478. The van der Waals surface area contributed by atoms with Crippen molar-refractivity contribution in [2.75, 3.05) is 6.54 Å². The Morgan fingerprint density at radius 1 is 1.61 bits per heavy atom. The molecule has 1 atom stereocenters. The number of allylic oxidation sites excluding steroid dienone is 3. The van der Waals surface area contributed by atoms with Gasteiger partial charge in [-0.2, -0.15) is 0 Å². The molecule has 0 spiro atoms. The van der Waals surface area contributed by atoms with Crippen LogP contribution in [0.3, 0.4) is 0 Å². The maximum atomic E-state index is 12.0. The molecule has 0 saturated carbocycles. The number of aliphatic imine (C=N–C) groups is 1. The number of hydrogen-bond donors (Lipinski definition) is 0. The molecule has 18 heavy (non-hydrogen) atoms. The molecule has 6 heteroatoms. The van der Waals surface area contributed by atoms with Gasteiger partial charge >= 0.3 is 0 Å². The number of fused-ring (bicyclic) bond motifs is 1. The molecule has 1 aliphatic carbocycles. The molecule has 4 rings (SSSR count). The molecule has 0 fully saturated rings. The first-order valence-corrected chi connectivity index (χ1v) is 5.75. The fraction of sp³-hybridized carbons (Fsp3) is 0.333.